The van der Waals surface area contributed by atoms with Gasteiger partial charge in [-0.25, -0.2) is 0 Å². The van der Waals surface area contributed by atoms with Crippen molar-refractivity contribution in [2.24, 2.45) is 0 Å². The first kappa shape index (κ1) is 22.6. The van der Waals surface area contributed by atoms with Crippen molar-refractivity contribution in [3.8, 4) is 0 Å². The Balaban J connectivity index is 1.84. The van der Waals surface area contributed by atoms with E-state index in [-0.39, 0.29) is 23.7 Å². The molecule has 0 spiro atoms. The highest BCUT2D eigenvalue weighted by molar-refractivity contribution is 8.18. The third-order valence-electron chi connectivity index (χ3n) is 4.04. The average Bonchev–Trinajstić information content (AvgIpc) is 2.96. The van der Waals surface area contributed by atoms with E-state index in [1.54, 1.807) is 24.3 Å². The van der Waals surface area contributed by atoms with Crippen molar-refractivity contribution in [1.29, 1.82) is 0 Å². The van der Waals surface area contributed by atoms with Crippen LogP contribution in [0.25, 0.3) is 6.08 Å². The number of hydrogen-bond donors (Lipinski definition) is 1. The van der Waals surface area contributed by atoms with Crippen LogP contribution in [0.15, 0.2) is 46.2 Å². The third kappa shape index (κ3) is 5.16. The van der Waals surface area contributed by atoms with E-state index in [1.807, 2.05) is 0 Å². The number of nitro groups is 1. The number of amides is 2. The molecule has 0 aliphatic carbocycles. The fourth-order valence-corrected chi connectivity index (χ4v) is 4.72. The first-order valence-electron chi connectivity index (χ1n) is 8.51. The number of carbonyl (C=O) groups is 2. The number of thioether (sulfide) groups is 2. The molecule has 0 atom stereocenters. The van der Waals surface area contributed by atoms with Gasteiger partial charge in [-0.05, 0) is 47.2 Å². The summed E-state index contributed by atoms with van der Waals surface area (Å²) in [4.78, 5) is 37.5. The maximum atomic E-state index is 12.7. The van der Waals surface area contributed by atoms with Gasteiger partial charge < -0.3 is 5.11 Å². The maximum absolute atomic E-state index is 12.7. The van der Waals surface area contributed by atoms with Gasteiger partial charge in [-0.3, -0.25) is 24.6 Å². The van der Waals surface area contributed by atoms with Crippen LogP contribution in [-0.2, 0) is 11.3 Å². The molecular weight excluding hydrogens is 471 g/mol. The fourth-order valence-electron chi connectivity index (χ4n) is 2.65. The van der Waals surface area contributed by atoms with Crippen molar-refractivity contribution in [1.82, 2.24) is 4.90 Å². The van der Waals surface area contributed by atoms with E-state index in [2.05, 4.69) is 0 Å². The summed E-state index contributed by atoms with van der Waals surface area (Å²) in [5, 5.41) is 20.6. The van der Waals surface area contributed by atoms with Gasteiger partial charge in [0, 0.05) is 21.9 Å². The zero-order valence-corrected chi connectivity index (χ0v) is 18.4. The Kier molecular flexibility index (Phi) is 7.43. The van der Waals surface area contributed by atoms with Crippen LogP contribution in [0, 0.1) is 10.1 Å². The zero-order chi connectivity index (χ0) is 21.8. The van der Waals surface area contributed by atoms with Gasteiger partial charge in [0.05, 0.1) is 27.9 Å². The van der Waals surface area contributed by atoms with Crippen LogP contribution in [0.2, 0.25) is 10.0 Å². The van der Waals surface area contributed by atoms with E-state index < -0.39 is 16.1 Å². The SMILES string of the molecule is O=C1SC(=Cc2ccc(SCCO)c([N+](=O)[O-])c2)C(=O)N1Cc1ccc(Cl)cc1Cl. The van der Waals surface area contributed by atoms with E-state index in [9.17, 15) is 19.7 Å². The summed E-state index contributed by atoms with van der Waals surface area (Å²) in [7, 11) is 0. The number of aliphatic hydroxyl groups excluding tert-OH is 1. The molecular formula is C19H14Cl2N2O5S2. The predicted molar refractivity (Wildman–Crippen MR) is 119 cm³/mol. The standard InChI is InChI=1S/C19H14Cl2N2O5S2/c20-13-3-2-12(14(21)9-13)10-22-18(25)17(30-19(22)26)8-11-1-4-16(29-6-5-24)15(7-11)23(27)28/h1-4,7-9,24H,5-6,10H2. The number of aliphatic hydroxyl groups is 1. The summed E-state index contributed by atoms with van der Waals surface area (Å²) in [6.07, 6.45) is 1.45. The molecule has 1 aliphatic heterocycles. The lowest BCUT2D eigenvalue weighted by Gasteiger charge is -2.13. The topological polar surface area (TPSA) is 101 Å². The van der Waals surface area contributed by atoms with Crippen LogP contribution in [0.5, 0.6) is 0 Å². The molecule has 0 unspecified atom stereocenters. The summed E-state index contributed by atoms with van der Waals surface area (Å²) in [6, 6.07) is 9.31. The Morgan fingerprint density at radius 1 is 1.20 bits per heavy atom. The van der Waals surface area contributed by atoms with Crippen LogP contribution >= 0.6 is 46.7 Å². The molecule has 11 heteroatoms. The van der Waals surface area contributed by atoms with Gasteiger partial charge in [-0.1, -0.05) is 35.3 Å². The lowest BCUT2D eigenvalue weighted by Crippen LogP contribution is -2.27. The van der Waals surface area contributed by atoms with E-state index in [0.29, 0.717) is 31.8 Å². The molecule has 0 saturated carbocycles. The van der Waals surface area contributed by atoms with Gasteiger partial charge in [0.25, 0.3) is 16.8 Å². The first-order valence-corrected chi connectivity index (χ1v) is 11.1. The molecule has 1 saturated heterocycles. The number of imide groups is 1. The molecule has 0 aromatic heterocycles. The van der Waals surface area contributed by atoms with Crippen LogP contribution < -0.4 is 0 Å². The van der Waals surface area contributed by atoms with E-state index in [1.165, 1.54) is 18.2 Å². The number of carbonyl (C=O) groups excluding carboxylic acids is 2. The summed E-state index contributed by atoms with van der Waals surface area (Å²) in [5.41, 5.74) is 0.866. The number of hydrogen-bond acceptors (Lipinski definition) is 7. The van der Waals surface area contributed by atoms with E-state index in [4.69, 9.17) is 28.3 Å². The second kappa shape index (κ2) is 9.84. The van der Waals surface area contributed by atoms with Crippen molar-refractivity contribution in [2.45, 2.75) is 11.4 Å². The fraction of sp³-hybridized carbons (Fsp3) is 0.158. The van der Waals surface area contributed by atoms with Gasteiger partial charge in [0.1, 0.15) is 0 Å². The number of nitrogens with zero attached hydrogens (tertiary/aromatic N) is 2. The predicted octanol–water partition coefficient (Wildman–Crippen LogP) is 5.22. The highest BCUT2D eigenvalue weighted by Gasteiger charge is 2.35. The Morgan fingerprint density at radius 3 is 2.63 bits per heavy atom. The number of benzene rings is 2. The average molecular weight is 485 g/mol. The normalized spacial score (nSPS) is 15.3. The number of nitro benzene ring substituents is 1. The lowest BCUT2D eigenvalue weighted by atomic mass is 10.1. The van der Waals surface area contributed by atoms with Gasteiger partial charge >= 0.3 is 0 Å². The second-order valence-corrected chi connectivity index (χ2v) is 9.03. The monoisotopic (exact) mass is 484 g/mol. The molecule has 156 valence electrons. The Morgan fingerprint density at radius 2 is 1.97 bits per heavy atom. The van der Waals surface area contributed by atoms with Crippen LogP contribution in [0.3, 0.4) is 0 Å². The molecule has 0 radical (unpaired) electrons. The van der Waals surface area contributed by atoms with Gasteiger partial charge in [0.15, 0.2) is 0 Å². The van der Waals surface area contributed by atoms with E-state index in [0.717, 1.165) is 28.4 Å². The molecule has 1 N–H and O–H groups in total. The minimum Gasteiger partial charge on any atom is -0.396 e. The van der Waals surface area contributed by atoms with Crippen molar-refractivity contribution < 1.29 is 19.6 Å². The molecule has 2 amide bonds. The molecule has 0 bridgehead atoms. The van der Waals surface area contributed by atoms with Crippen LogP contribution in [0.1, 0.15) is 11.1 Å². The van der Waals surface area contributed by atoms with Crippen molar-refractivity contribution in [3.63, 3.8) is 0 Å². The molecule has 1 heterocycles. The minimum atomic E-state index is -0.523. The second-order valence-electron chi connectivity index (χ2n) is 6.06. The molecule has 1 aliphatic rings. The maximum Gasteiger partial charge on any atom is 0.293 e. The largest absolute Gasteiger partial charge is 0.396 e. The summed E-state index contributed by atoms with van der Waals surface area (Å²) < 4.78 is 0. The Hall–Kier alpha value is -2.04. The summed E-state index contributed by atoms with van der Waals surface area (Å²) in [5.74, 6) is -0.177. The van der Waals surface area contributed by atoms with Gasteiger partial charge in [-0.15, -0.1) is 11.8 Å². The summed E-state index contributed by atoms with van der Waals surface area (Å²) in [6.45, 7) is -0.108. The van der Waals surface area contributed by atoms with Crippen LogP contribution in [-0.4, -0.2) is 38.4 Å². The Labute approximate surface area is 190 Å². The quantitative estimate of drug-likeness (QED) is 0.248. The Bertz CT molecular complexity index is 1060. The van der Waals surface area contributed by atoms with Crippen molar-refractivity contribution in [2.75, 3.05) is 12.4 Å². The zero-order valence-electron chi connectivity index (χ0n) is 15.2. The van der Waals surface area contributed by atoms with Crippen LogP contribution in [0.4, 0.5) is 10.5 Å². The van der Waals surface area contributed by atoms with E-state index >= 15 is 0 Å². The number of halogens is 2. The van der Waals surface area contributed by atoms with Gasteiger partial charge in [-0.2, -0.15) is 0 Å². The first-order chi connectivity index (χ1) is 14.3. The molecule has 30 heavy (non-hydrogen) atoms. The van der Waals surface area contributed by atoms with Crippen molar-refractivity contribution >= 4 is 69.6 Å². The molecule has 7 nitrogen and oxygen atoms in total. The number of rotatable bonds is 7. The smallest absolute Gasteiger partial charge is 0.293 e. The highest BCUT2D eigenvalue weighted by Crippen LogP contribution is 2.36. The lowest BCUT2D eigenvalue weighted by molar-refractivity contribution is -0.387. The third-order valence-corrected chi connectivity index (χ3v) is 6.58. The molecule has 3 rings (SSSR count). The van der Waals surface area contributed by atoms with Gasteiger partial charge in [0.2, 0.25) is 0 Å². The summed E-state index contributed by atoms with van der Waals surface area (Å²) >= 11 is 13.9. The molecule has 2 aromatic carbocycles. The van der Waals surface area contributed by atoms with Crippen molar-refractivity contribution in [3.05, 3.63) is 72.6 Å². The molecule has 1 fully saturated rings. The minimum absolute atomic E-state index is 0.00507. The highest BCUT2D eigenvalue weighted by atomic mass is 35.5. The molecule has 2 aromatic rings.